The van der Waals surface area contributed by atoms with Crippen LogP contribution in [0.1, 0.15) is 20.3 Å². The van der Waals surface area contributed by atoms with Crippen LogP contribution in [0.2, 0.25) is 5.02 Å². The summed E-state index contributed by atoms with van der Waals surface area (Å²) >= 11 is 6.19. The molecule has 2 rings (SSSR count). The number of carbonyl (C=O) groups excluding carboxylic acids is 1. The summed E-state index contributed by atoms with van der Waals surface area (Å²) in [5.41, 5.74) is 0.448. The molecule has 0 spiro atoms. The number of hydrogen-bond acceptors (Lipinski definition) is 4. The van der Waals surface area contributed by atoms with Crippen LogP contribution in [-0.4, -0.2) is 54.9 Å². The quantitative estimate of drug-likeness (QED) is 0.704. The summed E-state index contributed by atoms with van der Waals surface area (Å²) in [6, 6.07) is 4.73. The number of likely N-dealkylation sites (tertiary alicyclic amines) is 1. The van der Waals surface area contributed by atoms with E-state index in [1.54, 1.807) is 18.2 Å². The number of piperidine rings is 1. The molecule has 2 atom stereocenters. The van der Waals surface area contributed by atoms with Crippen LogP contribution in [0.5, 0.6) is 5.75 Å². The summed E-state index contributed by atoms with van der Waals surface area (Å²) in [5.74, 6) is -0.929. The van der Waals surface area contributed by atoms with E-state index in [1.165, 1.54) is 4.90 Å². The number of halogens is 1. The van der Waals surface area contributed by atoms with Crippen molar-refractivity contribution in [3.8, 4) is 5.75 Å². The number of carbonyl (C=O) groups is 2. The molecule has 8 heteroatoms. The third kappa shape index (κ3) is 5.51. The predicted molar refractivity (Wildman–Crippen MR) is 98.9 cm³/mol. The Balaban J connectivity index is 2.06. The second-order valence-corrected chi connectivity index (χ2v) is 6.78. The first-order valence-electron chi connectivity index (χ1n) is 8.70. The molecule has 1 heterocycles. The van der Waals surface area contributed by atoms with Crippen molar-refractivity contribution in [3.05, 3.63) is 23.2 Å². The van der Waals surface area contributed by atoms with Gasteiger partial charge in [0.1, 0.15) is 6.61 Å². The standard InChI is InChI=1S/C18H25ClN2O5/c1-3-25-7-8-26-16-14(19)5-4-6-15(16)20-18(24)21-10-12(2)9-13(11-21)17(22)23/h4-6,12-13H,3,7-11H2,1-2H3,(H,20,24)(H,22,23). The van der Waals surface area contributed by atoms with Crippen molar-refractivity contribution in [2.75, 3.05) is 38.2 Å². The molecule has 0 saturated carbocycles. The number of nitrogens with zero attached hydrogens (tertiary/aromatic N) is 1. The Labute approximate surface area is 158 Å². The van der Waals surface area contributed by atoms with Crippen LogP contribution >= 0.6 is 11.6 Å². The van der Waals surface area contributed by atoms with Crippen molar-refractivity contribution in [1.82, 2.24) is 4.90 Å². The van der Waals surface area contributed by atoms with Gasteiger partial charge in [-0.2, -0.15) is 0 Å². The lowest BCUT2D eigenvalue weighted by atomic mass is 9.91. The lowest BCUT2D eigenvalue weighted by molar-refractivity contribution is -0.143. The molecule has 1 aliphatic heterocycles. The number of benzene rings is 1. The SMILES string of the molecule is CCOCCOc1c(Cl)cccc1NC(=O)N1CC(C)CC(C(=O)O)C1. The third-order valence-corrected chi connectivity index (χ3v) is 4.48. The zero-order chi connectivity index (χ0) is 19.1. The normalized spacial score (nSPS) is 19.9. The van der Waals surface area contributed by atoms with E-state index in [0.29, 0.717) is 49.2 Å². The number of aliphatic carboxylic acids is 1. The average Bonchev–Trinajstić information content (AvgIpc) is 2.60. The van der Waals surface area contributed by atoms with E-state index >= 15 is 0 Å². The number of nitrogens with one attached hydrogen (secondary N) is 1. The molecule has 144 valence electrons. The highest BCUT2D eigenvalue weighted by atomic mass is 35.5. The lowest BCUT2D eigenvalue weighted by Gasteiger charge is -2.34. The van der Waals surface area contributed by atoms with E-state index in [9.17, 15) is 14.7 Å². The molecule has 1 saturated heterocycles. The Morgan fingerprint density at radius 1 is 1.35 bits per heavy atom. The first-order chi connectivity index (χ1) is 12.4. The number of carboxylic acid groups (broad SMARTS) is 1. The molecular formula is C18H25ClN2O5. The maximum Gasteiger partial charge on any atom is 0.321 e. The first-order valence-corrected chi connectivity index (χ1v) is 9.08. The fourth-order valence-corrected chi connectivity index (χ4v) is 3.22. The number of anilines is 1. The molecule has 2 amide bonds. The number of carboxylic acids is 1. The van der Waals surface area contributed by atoms with Crippen molar-refractivity contribution in [1.29, 1.82) is 0 Å². The zero-order valence-electron chi connectivity index (χ0n) is 15.0. The van der Waals surface area contributed by atoms with Gasteiger partial charge in [-0.15, -0.1) is 0 Å². The monoisotopic (exact) mass is 384 g/mol. The number of urea groups is 1. The molecule has 1 aliphatic rings. The van der Waals surface area contributed by atoms with Crippen molar-refractivity contribution in [2.24, 2.45) is 11.8 Å². The predicted octanol–water partition coefficient (Wildman–Crippen LogP) is 3.33. The maximum atomic E-state index is 12.6. The summed E-state index contributed by atoms with van der Waals surface area (Å²) in [7, 11) is 0. The topological polar surface area (TPSA) is 88.1 Å². The van der Waals surface area contributed by atoms with Crippen LogP contribution in [-0.2, 0) is 9.53 Å². The fraction of sp³-hybridized carbons (Fsp3) is 0.556. The van der Waals surface area contributed by atoms with E-state index in [1.807, 2.05) is 13.8 Å². The first kappa shape index (κ1) is 20.3. The number of amides is 2. The van der Waals surface area contributed by atoms with Gasteiger partial charge in [0.25, 0.3) is 0 Å². The Bertz CT molecular complexity index is 640. The van der Waals surface area contributed by atoms with Crippen molar-refractivity contribution in [3.63, 3.8) is 0 Å². The second kappa shape index (κ2) is 9.64. The van der Waals surface area contributed by atoms with Crippen molar-refractivity contribution < 1.29 is 24.2 Å². The van der Waals surface area contributed by atoms with Crippen molar-refractivity contribution >= 4 is 29.3 Å². The molecule has 1 aromatic rings. The highest BCUT2D eigenvalue weighted by Gasteiger charge is 2.32. The van der Waals surface area contributed by atoms with Gasteiger partial charge < -0.3 is 24.8 Å². The van der Waals surface area contributed by atoms with E-state index < -0.39 is 11.9 Å². The van der Waals surface area contributed by atoms with Crippen LogP contribution in [0.15, 0.2) is 18.2 Å². The van der Waals surface area contributed by atoms with Crippen LogP contribution in [0.25, 0.3) is 0 Å². The third-order valence-electron chi connectivity index (χ3n) is 4.18. The average molecular weight is 385 g/mol. The Kier molecular flexibility index (Phi) is 7.53. The highest BCUT2D eigenvalue weighted by molar-refractivity contribution is 6.32. The summed E-state index contributed by atoms with van der Waals surface area (Å²) in [4.78, 5) is 25.4. The van der Waals surface area contributed by atoms with Gasteiger partial charge in [-0.3, -0.25) is 4.79 Å². The van der Waals surface area contributed by atoms with E-state index in [4.69, 9.17) is 21.1 Å². The lowest BCUT2D eigenvalue weighted by Crippen LogP contribution is -2.47. The minimum Gasteiger partial charge on any atom is -0.487 e. The molecule has 2 N–H and O–H groups in total. The van der Waals surface area contributed by atoms with Gasteiger partial charge in [-0.05, 0) is 31.4 Å². The second-order valence-electron chi connectivity index (χ2n) is 6.37. The highest BCUT2D eigenvalue weighted by Crippen LogP contribution is 2.33. The van der Waals surface area contributed by atoms with E-state index in [-0.39, 0.29) is 18.5 Å². The Morgan fingerprint density at radius 2 is 2.12 bits per heavy atom. The summed E-state index contributed by atoms with van der Waals surface area (Å²) < 4.78 is 10.9. The van der Waals surface area contributed by atoms with Crippen LogP contribution in [0.3, 0.4) is 0 Å². The van der Waals surface area contributed by atoms with Crippen LogP contribution in [0.4, 0.5) is 10.5 Å². The summed E-state index contributed by atoms with van der Waals surface area (Å²) in [5, 5.41) is 12.4. The van der Waals surface area contributed by atoms with Crippen molar-refractivity contribution in [2.45, 2.75) is 20.3 Å². The zero-order valence-corrected chi connectivity index (χ0v) is 15.8. The fourth-order valence-electron chi connectivity index (χ4n) is 2.99. The maximum absolute atomic E-state index is 12.6. The van der Waals surface area contributed by atoms with Crippen LogP contribution in [0, 0.1) is 11.8 Å². The molecule has 2 unspecified atom stereocenters. The molecular weight excluding hydrogens is 360 g/mol. The molecule has 0 aromatic heterocycles. The number of hydrogen-bond donors (Lipinski definition) is 2. The van der Waals surface area contributed by atoms with Gasteiger partial charge >= 0.3 is 12.0 Å². The minimum atomic E-state index is -0.878. The van der Waals surface area contributed by atoms with Gasteiger partial charge in [0, 0.05) is 19.7 Å². The number of para-hydroxylation sites is 1. The van der Waals surface area contributed by atoms with E-state index in [0.717, 1.165) is 0 Å². The molecule has 0 radical (unpaired) electrons. The molecule has 1 aromatic carbocycles. The van der Waals surface area contributed by atoms with Gasteiger partial charge in [-0.25, -0.2) is 4.79 Å². The summed E-state index contributed by atoms with van der Waals surface area (Å²) in [6.07, 6.45) is 0.571. The summed E-state index contributed by atoms with van der Waals surface area (Å²) in [6.45, 7) is 5.85. The smallest absolute Gasteiger partial charge is 0.321 e. The molecule has 26 heavy (non-hydrogen) atoms. The number of ether oxygens (including phenoxy) is 2. The number of rotatable bonds is 7. The van der Waals surface area contributed by atoms with Gasteiger partial charge in [0.2, 0.25) is 0 Å². The van der Waals surface area contributed by atoms with Gasteiger partial charge in [-0.1, -0.05) is 24.6 Å². The Morgan fingerprint density at radius 3 is 2.81 bits per heavy atom. The molecule has 1 fully saturated rings. The molecule has 7 nitrogen and oxygen atoms in total. The Hall–Kier alpha value is -1.99. The largest absolute Gasteiger partial charge is 0.487 e. The molecule has 0 bridgehead atoms. The van der Waals surface area contributed by atoms with Gasteiger partial charge in [0.05, 0.1) is 23.2 Å². The van der Waals surface area contributed by atoms with E-state index in [2.05, 4.69) is 5.32 Å². The van der Waals surface area contributed by atoms with Crippen LogP contribution < -0.4 is 10.1 Å². The molecule has 0 aliphatic carbocycles. The minimum absolute atomic E-state index is 0.122. The van der Waals surface area contributed by atoms with Gasteiger partial charge in [0.15, 0.2) is 5.75 Å².